The van der Waals surface area contributed by atoms with Crippen LogP contribution in [0.5, 0.6) is 5.75 Å². The van der Waals surface area contributed by atoms with Gasteiger partial charge in [-0.2, -0.15) is 0 Å². The van der Waals surface area contributed by atoms with Crippen molar-refractivity contribution >= 4 is 34.7 Å². The molecule has 0 saturated carbocycles. The minimum absolute atomic E-state index is 0.269. The van der Waals surface area contributed by atoms with E-state index in [0.717, 1.165) is 16.7 Å². The highest BCUT2D eigenvalue weighted by Crippen LogP contribution is 2.35. The number of carbonyl (C=O) groups is 3. The molecule has 1 heterocycles. The maximum atomic E-state index is 14.0. The van der Waals surface area contributed by atoms with Crippen LogP contribution < -0.4 is 20.3 Å². The van der Waals surface area contributed by atoms with Crippen LogP contribution in [-0.4, -0.2) is 36.9 Å². The van der Waals surface area contributed by atoms with E-state index in [1.54, 1.807) is 42.8 Å². The number of benzene rings is 2. The first kappa shape index (κ1) is 28.9. The molecule has 0 aliphatic rings. The van der Waals surface area contributed by atoms with Gasteiger partial charge in [0, 0.05) is 5.54 Å². The molecule has 0 spiro atoms. The first-order valence-electron chi connectivity index (χ1n) is 12.6. The molecular formula is C30H37N3O4S. The summed E-state index contributed by atoms with van der Waals surface area (Å²) < 4.78 is 5.45. The van der Waals surface area contributed by atoms with Gasteiger partial charge in [0.05, 0.1) is 24.2 Å². The lowest BCUT2D eigenvalue weighted by Crippen LogP contribution is -2.52. The van der Waals surface area contributed by atoms with Crippen molar-refractivity contribution in [3.8, 4) is 5.75 Å². The quantitative estimate of drug-likeness (QED) is 0.359. The molecule has 7 nitrogen and oxygen atoms in total. The molecule has 0 aliphatic carbocycles. The third-order valence-corrected chi connectivity index (χ3v) is 7.42. The molecule has 2 aromatic carbocycles. The molecule has 1 atom stereocenters. The summed E-state index contributed by atoms with van der Waals surface area (Å²) in [5.41, 5.74) is 3.52. The maximum absolute atomic E-state index is 14.0. The number of nitrogens with zero attached hydrogens (tertiary/aromatic N) is 1. The zero-order valence-corrected chi connectivity index (χ0v) is 24.0. The molecular weight excluding hydrogens is 498 g/mol. The second-order valence-corrected chi connectivity index (χ2v) is 11.0. The van der Waals surface area contributed by atoms with Crippen LogP contribution in [0.3, 0.4) is 0 Å². The van der Waals surface area contributed by atoms with Gasteiger partial charge in [0.15, 0.2) is 0 Å². The maximum Gasteiger partial charge on any atom is 0.261 e. The van der Waals surface area contributed by atoms with Crippen LogP contribution in [0.4, 0.5) is 5.69 Å². The van der Waals surface area contributed by atoms with Crippen molar-refractivity contribution in [1.29, 1.82) is 0 Å². The number of amides is 3. The minimum Gasteiger partial charge on any atom is -0.497 e. The predicted molar refractivity (Wildman–Crippen MR) is 153 cm³/mol. The molecule has 0 aliphatic heterocycles. The number of hydrogen-bond donors (Lipinski definition) is 2. The lowest BCUT2D eigenvalue weighted by molar-refractivity contribution is -0.127. The van der Waals surface area contributed by atoms with Gasteiger partial charge >= 0.3 is 0 Å². The largest absolute Gasteiger partial charge is 0.497 e. The zero-order chi connectivity index (χ0) is 28.0. The third-order valence-electron chi connectivity index (χ3n) is 6.55. The lowest BCUT2D eigenvalue weighted by Gasteiger charge is -2.36. The third kappa shape index (κ3) is 6.81. The standard InChI is InChI=1S/C30H37N3O4S/c1-8-30(5,6)32-29(36)27(22-11-9-12-23(17-22)37-7)33(26-20(3)15-19(2)16-21(26)4)25(34)18-31-28(35)24-13-10-14-38-24/h9-17,27H,8,18H2,1-7H3,(H,31,35)(H,32,36)/t27-/m1/s1. The van der Waals surface area contributed by atoms with Crippen LogP contribution in [0.2, 0.25) is 0 Å². The highest BCUT2D eigenvalue weighted by Gasteiger charge is 2.36. The fraction of sp³-hybridized carbons (Fsp3) is 0.367. The normalized spacial score (nSPS) is 12.0. The molecule has 0 fully saturated rings. The molecule has 3 aromatic rings. The summed E-state index contributed by atoms with van der Waals surface area (Å²) in [4.78, 5) is 42.7. The average molecular weight is 536 g/mol. The Morgan fingerprint density at radius 2 is 1.71 bits per heavy atom. The summed E-state index contributed by atoms with van der Waals surface area (Å²) in [7, 11) is 1.56. The Balaban J connectivity index is 2.15. The predicted octanol–water partition coefficient (Wildman–Crippen LogP) is 5.49. The monoisotopic (exact) mass is 535 g/mol. The zero-order valence-electron chi connectivity index (χ0n) is 23.2. The number of carbonyl (C=O) groups excluding carboxylic acids is 3. The van der Waals surface area contributed by atoms with E-state index in [1.807, 2.05) is 59.7 Å². The van der Waals surface area contributed by atoms with Crippen molar-refractivity contribution in [1.82, 2.24) is 10.6 Å². The highest BCUT2D eigenvalue weighted by atomic mass is 32.1. The van der Waals surface area contributed by atoms with E-state index in [9.17, 15) is 14.4 Å². The van der Waals surface area contributed by atoms with Gasteiger partial charge in [-0.1, -0.05) is 42.8 Å². The van der Waals surface area contributed by atoms with Crippen molar-refractivity contribution in [3.63, 3.8) is 0 Å². The van der Waals surface area contributed by atoms with E-state index in [2.05, 4.69) is 10.6 Å². The Morgan fingerprint density at radius 3 is 2.29 bits per heavy atom. The SMILES string of the molecule is CCC(C)(C)NC(=O)[C@@H](c1cccc(OC)c1)N(C(=O)CNC(=O)c1cccs1)c1c(C)cc(C)cc1C. The van der Waals surface area contributed by atoms with Crippen molar-refractivity contribution in [2.75, 3.05) is 18.6 Å². The Morgan fingerprint density at radius 1 is 1.03 bits per heavy atom. The summed E-state index contributed by atoms with van der Waals surface area (Å²) in [6, 6.07) is 13.7. The molecule has 202 valence electrons. The number of methoxy groups -OCH3 is 1. The number of ether oxygens (including phenoxy) is 1. The van der Waals surface area contributed by atoms with Crippen LogP contribution in [-0.2, 0) is 9.59 Å². The summed E-state index contributed by atoms with van der Waals surface area (Å²) in [6.07, 6.45) is 0.705. The summed E-state index contributed by atoms with van der Waals surface area (Å²) in [5, 5.41) is 7.67. The molecule has 0 radical (unpaired) electrons. The van der Waals surface area contributed by atoms with Crippen molar-refractivity contribution in [3.05, 3.63) is 81.0 Å². The van der Waals surface area contributed by atoms with Gasteiger partial charge < -0.3 is 15.4 Å². The molecule has 0 unspecified atom stereocenters. The van der Waals surface area contributed by atoms with Crippen LogP contribution in [0.15, 0.2) is 53.9 Å². The summed E-state index contributed by atoms with van der Waals surface area (Å²) in [5.74, 6) is -0.476. The van der Waals surface area contributed by atoms with Crippen LogP contribution in [0, 0.1) is 20.8 Å². The van der Waals surface area contributed by atoms with E-state index in [1.165, 1.54) is 16.2 Å². The van der Waals surface area contributed by atoms with Crippen LogP contribution in [0.25, 0.3) is 0 Å². The van der Waals surface area contributed by atoms with E-state index >= 15 is 0 Å². The van der Waals surface area contributed by atoms with Gasteiger partial charge in [-0.15, -0.1) is 11.3 Å². The average Bonchev–Trinajstić information content (AvgIpc) is 3.41. The van der Waals surface area contributed by atoms with Gasteiger partial charge in [-0.25, -0.2) is 0 Å². The molecule has 2 N–H and O–H groups in total. The Hall–Kier alpha value is -3.65. The number of anilines is 1. The topological polar surface area (TPSA) is 87.7 Å². The second-order valence-electron chi connectivity index (χ2n) is 10.1. The fourth-order valence-corrected chi connectivity index (χ4v) is 5.05. The molecule has 8 heteroatoms. The van der Waals surface area contributed by atoms with Crippen molar-refractivity contribution in [2.45, 2.75) is 59.5 Å². The highest BCUT2D eigenvalue weighted by molar-refractivity contribution is 7.12. The van der Waals surface area contributed by atoms with Gasteiger partial charge in [0.2, 0.25) is 11.8 Å². The second kappa shape index (κ2) is 12.3. The number of rotatable bonds is 10. The summed E-state index contributed by atoms with van der Waals surface area (Å²) in [6.45, 7) is 11.5. The molecule has 1 aromatic heterocycles. The van der Waals surface area contributed by atoms with Crippen molar-refractivity contribution < 1.29 is 19.1 Å². The number of aryl methyl sites for hydroxylation is 3. The molecule has 0 bridgehead atoms. The Kier molecular flexibility index (Phi) is 9.33. The Bertz CT molecular complexity index is 1280. The smallest absolute Gasteiger partial charge is 0.261 e. The van der Waals surface area contributed by atoms with Crippen LogP contribution in [0.1, 0.15) is 65.2 Å². The Labute approximate surface area is 229 Å². The molecule has 3 rings (SSSR count). The van der Waals surface area contributed by atoms with Gasteiger partial charge in [-0.3, -0.25) is 19.3 Å². The van der Waals surface area contributed by atoms with E-state index in [4.69, 9.17) is 4.74 Å². The molecule has 0 saturated heterocycles. The van der Waals surface area contributed by atoms with Crippen molar-refractivity contribution in [2.24, 2.45) is 0 Å². The van der Waals surface area contributed by atoms with Crippen LogP contribution >= 0.6 is 11.3 Å². The molecule has 3 amide bonds. The summed E-state index contributed by atoms with van der Waals surface area (Å²) >= 11 is 1.30. The van der Waals surface area contributed by atoms with Gasteiger partial charge in [0.25, 0.3) is 5.91 Å². The fourth-order valence-electron chi connectivity index (χ4n) is 4.41. The van der Waals surface area contributed by atoms with E-state index < -0.39 is 17.5 Å². The number of nitrogens with one attached hydrogen (secondary N) is 2. The van der Waals surface area contributed by atoms with Gasteiger partial charge in [0.1, 0.15) is 11.8 Å². The molecule has 38 heavy (non-hydrogen) atoms. The number of hydrogen-bond acceptors (Lipinski definition) is 5. The lowest BCUT2D eigenvalue weighted by atomic mass is 9.96. The van der Waals surface area contributed by atoms with E-state index in [0.29, 0.717) is 28.3 Å². The first-order chi connectivity index (χ1) is 18.0. The first-order valence-corrected chi connectivity index (χ1v) is 13.5. The van der Waals surface area contributed by atoms with Gasteiger partial charge in [-0.05, 0) is 81.3 Å². The number of thiophene rings is 1. The minimum atomic E-state index is -0.998. The van der Waals surface area contributed by atoms with E-state index in [-0.39, 0.29) is 18.4 Å².